The molecule has 0 aliphatic carbocycles. The number of hydrogen-bond acceptors (Lipinski definition) is 3. The number of carbonyl (C=O) groups excluding carboxylic acids is 1. The molecule has 2 unspecified atom stereocenters. The zero-order chi connectivity index (χ0) is 12.4. The average molecular weight is 234 g/mol. The number of carbonyl (C=O) groups is 1. The van der Waals surface area contributed by atoms with Crippen LogP contribution in [0, 0.1) is 0 Å². The largest absolute Gasteiger partial charge is 0.459 e. The Bertz CT molecular complexity index is 258. The van der Waals surface area contributed by atoms with Crippen LogP contribution in [0.5, 0.6) is 0 Å². The van der Waals surface area contributed by atoms with Gasteiger partial charge in [0, 0.05) is 15.5 Å². The minimum absolute atomic E-state index is 0.393. The third-order valence-corrected chi connectivity index (χ3v) is 3.71. The Morgan fingerprint density at radius 1 is 1.13 bits per heavy atom. The van der Waals surface area contributed by atoms with Gasteiger partial charge in [-0.2, -0.15) is 0 Å². The van der Waals surface area contributed by atoms with Crippen LogP contribution in [0.3, 0.4) is 0 Å². The van der Waals surface area contributed by atoms with Gasteiger partial charge in [-0.3, -0.25) is 9.00 Å². The highest BCUT2D eigenvalue weighted by Gasteiger charge is 2.32. The Labute approximate surface area is 95.0 Å². The van der Waals surface area contributed by atoms with E-state index in [-0.39, 0.29) is 0 Å². The Balaban J connectivity index is 4.54. The lowest BCUT2D eigenvalue weighted by molar-refractivity contribution is -0.153. The minimum Gasteiger partial charge on any atom is -0.459 e. The molecule has 0 saturated heterocycles. The molecule has 4 heteroatoms. The average Bonchev–Trinajstić information content (AvgIpc) is 1.96. The molecule has 0 amide bonds. The van der Waals surface area contributed by atoms with Crippen molar-refractivity contribution in [3.8, 4) is 0 Å². The molecule has 90 valence electrons. The Hall–Kier alpha value is -0.380. The first kappa shape index (κ1) is 14.6. The van der Waals surface area contributed by atoms with Gasteiger partial charge in [0.05, 0.1) is 0 Å². The number of rotatable bonds is 2. The van der Waals surface area contributed by atoms with Crippen molar-refractivity contribution < 1.29 is 13.7 Å². The van der Waals surface area contributed by atoms with Crippen molar-refractivity contribution in [2.45, 2.75) is 64.1 Å². The molecule has 0 radical (unpaired) electrons. The van der Waals surface area contributed by atoms with E-state index in [9.17, 15) is 9.00 Å². The summed E-state index contributed by atoms with van der Waals surface area (Å²) in [5, 5.41) is -0.579. The van der Waals surface area contributed by atoms with E-state index in [1.165, 1.54) is 0 Å². The zero-order valence-electron chi connectivity index (χ0n) is 10.7. The van der Waals surface area contributed by atoms with E-state index in [2.05, 4.69) is 0 Å². The molecule has 15 heavy (non-hydrogen) atoms. The van der Waals surface area contributed by atoms with E-state index in [4.69, 9.17) is 4.74 Å². The molecule has 0 bridgehead atoms. The molecule has 0 aromatic rings. The van der Waals surface area contributed by atoms with Gasteiger partial charge in [0.15, 0.2) is 0 Å². The van der Waals surface area contributed by atoms with Crippen molar-refractivity contribution in [1.82, 2.24) is 0 Å². The molecule has 0 rings (SSSR count). The molecular formula is C11H22O3S. The van der Waals surface area contributed by atoms with E-state index in [1.807, 2.05) is 20.8 Å². The fraction of sp³-hybridized carbons (Fsp3) is 0.909. The lowest BCUT2D eigenvalue weighted by Crippen LogP contribution is -2.38. The van der Waals surface area contributed by atoms with Crippen molar-refractivity contribution in [2.24, 2.45) is 0 Å². The summed E-state index contributed by atoms with van der Waals surface area (Å²) in [6.07, 6.45) is 0. The minimum atomic E-state index is -1.22. The fourth-order valence-corrected chi connectivity index (χ4v) is 2.29. The highest BCUT2D eigenvalue weighted by atomic mass is 32.2. The monoisotopic (exact) mass is 234 g/mol. The summed E-state index contributed by atoms with van der Waals surface area (Å²) in [5.41, 5.74) is -0.520. The summed E-state index contributed by atoms with van der Waals surface area (Å²) < 4.78 is 16.7. The standard InChI is InChI=1S/C11H22O3S/c1-8(15(13)11(5,6)7)9(12)14-10(2,3)4/h8H,1-7H3. The van der Waals surface area contributed by atoms with Crippen LogP contribution in [-0.4, -0.2) is 25.8 Å². The van der Waals surface area contributed by atoms with Crippen LogP contribution in [0.15, 0.2) is 0 Å². The van der Waals surface area contributed by atoms with E-state index >= 15 is 0 Å². The van der Waals surface area contributed by atoms with Crippen LogP contribution in [0.4, 0.5) is 0 Å². The maximum atomic E-state index is 11.9. The highest BCUT2D eigenvalue weighted by Crippen LogP contribution is 2.18. The van der Waals surface area contributed by atoms with Gasteiger partial charge in [0.1, 0.15) is 10.9 Å². The first-order valence-electron chi connectivity index (χ1n) is 5.08. The zero-order valence-corrected chi connectivity index (χ0v) is 11.5. The van der Waals surface area contributed by atoms with Crippen molar-refractivity contribution in [2.75, 3.05) is 0 Å². The van der Waals surface area contributed by atoms with E-state index in [0.29, 0.717) is 0 Å². The second kappa shape index (κ2) is 4.64. The molecule has 0 aromatic heterocycles. The molecule has 0 saturated carbocycles. The van der Waals surface area contributed by atoms with E-state index in [0.717, 1.165) is 0 Å². The summed E-state index contributed by atoms with van der Waals surface area (Å²) >= 11 is 0. The van der Waals surface area contributed by atoms with Crippen LogP contribution in [0.2, 0.25) is 0 Å². The topological polar surface area (TPSA) is 43.4 Å². The Morgan fingerprint density at radius 2 is 1.53 bits per heavy atom. The highest BCUT2D eigenvalue weighted by molar-refractivity contribution is 7.87. The van der Waals surface area contributed by atoms with Gasteiger partial charge >= 0.3 is 5.97 Å². The van der Waals surface area contributed by atoms with E-state index in [1.54, 1.807) is 27.7 Å². The summed E-state index contributed by atoms with van der Waals surface area (Å²) in [7, 11) is -1.22. The summed E-state index contributed by atoms with van der Waals surface area (Å²) in [4.78, 5) is 11.6. The smallest absolute Gasteiger partial charge is 0.321 e. The molecular weight excluding hydrogens is 212 g/mol. The fourth-order valence-electron chi connectivity index (χ4n) is 1.00. The molecule has 0 aliphatic heterocycles. The summed E-state index contributed by atoms with van der Waals surface area (Å²) in [6, 6.07) is 0. The van der Waals surface area contributed by atoms with Gasteiger partial charge in [-0.25, -0.2) is 0 Å². The summed E-state index contributed by atoms with van der Waals surface area (Å²) in [6.45, 7) is 12.6. The van der Waals surface area contributed by atoms with Crippen LogP contribution in [0.1, 0.15) is 48.5 Å². The molecule has 0 aromatic carbocycles. The third kappa shape index (κ3) is 5.30. The molecule has 0 aliphatic rings. The molecule has 0 N–H and O–H groups in total. The van der Waals surface area contributed by atoms with Gasteiger partial charge < -0.3 is 4.74 Å². The van der Waals surface area contributed by atoms with Crippen LogP contribution in [-0.2, 0) is 20.3 Å². The molecule has 2 atom stereocenters. The number of hydrogen-bond donors (Lipinski definition) is 0. The van der Waals surface area contributed by atoms with Crippen LogP contribution in [0.25, 0.3) is 0 Å². The Morgan fingerprint density at radius 3 is 1.80 bits per heavy atom. The number of esters is 1. The van der Waals surface area contributed by atoms with E-state index < -0.39 is 32.4 Å². The van der Waals surface area contributed by atoms with Crippen LogP contribution < -0.4 is 0 Å². The lowest BCUT2D eigenvalue weighted by atomic mass is 10.2. The van der Waals surface area contributed by atoms with Crippen molar-refractivity contribution in [3.63, 3.8) is 0 Å². The van der Waals surface area contributed by atoms with Gasteiger partial charge in [-0.05, 0) is 48.5 Å². The predicted molar refractivity (Wildman–Crippen MR) is 63.2 cm³/mol. The van der Waals surface area contributed by atoms with Crippen LogP contribution >= 0.6 is 0 Å². The maximum Gasteiger partial charge on any atom is 0.321 e. The van der Waals surface area contributed by atoms with Crippen molar-refractivity contribution in [1.29, 1.82) is 0 Å². The van der Waals surface area contributed by atoms with Gasteiger partial charge in [0.25, 0.3) is 0 Å². The Kier molecular flexibility index (Phi) is 4.52. The predicted octanol–water partition coefficient (Wildman–Crippen LogP) is 2.26. The first-order valence-corrected chi connectivity index (χ1v) is 6.30. The normalized spacial score (nSPS) is 17.0. The van der Waals surface area contributed by atoms with Crippen molar-refractivity contribution in [3.05, 3.63) is 0 Å². The molecule has 0 heterocycles. The molecule has 0 fully saturated rings. The quantitative estimate of drug-likeness (QED) is 0.688. The molecule has 3 nitrogen and oxygen atoms in total. The summed E-state index contributed by atoms with van der Waals surface area (Å²) in [5.74, 6) is -0.393. The van der Waals surface area contributed by atoms with Gasteiger partial charge in [-0.1, -0.05) is 0 Å². The number of ether oxygens (including phenoxy) is 1. The second-order valence-electron chi connectivity index (χ2n) is 5.59. The van der Waals surface area contributed by atoms with Crippen molar-refractivity contribution >= 4 is 16.8 Å². The SMILES string of the molecule is CC(C(=O)OC(C)(C)C)S(=O)C(C)(C)C. The lowest BCUT2D eigenvalue weighted by Gasteiger charge is -2.25. The second-order valence-corrected chi connectivity index (χ2v) is 8.11. The third-order valence-electron chi connectivity index (χ3n) is 1.66. The molecule has 0 spiro atoms. The first-order chi connectivity index (χ1) is 6.45. The van der Waals surface area contributed by atoms with Gasteiger partial charge in [0.2, 0.25) is 0 Å². The maximum absolute atomic E-state index is 11.9. The van der Waals surface area contributed by atoms with Gasteiger partial charge in [-0.15, -0.1) is 0 Å².